The Hall–Kier alpha value is -0.0900. The van der Waals surface area contributed by atoms with Crippen LogP contribution in [0.15, 0.2) is 4.99 Å². The second-order valence-corrected chi connectivity index (χ2v) is 8.45. The molecule has 0 aromatic rings. The first-order valence-electron chi connectivity index (χ1n) is 8.28. The number of rotatable bonds is 7. The standard InChI is InChI=1S/C15H32N4O2S.HI/c1-5-8-15(3)9-7-12-19(13-15)14(16-4)17-10-11-18-22(20,21)6-2;/h18H,5-13H2,1-4H3,(H,16,17);1H. The van der Waals surface area contributed by atoms with Crippen LogP contribution in [0.25, 0.3) is 0 Å². The highest BCUT2D eigenvalue weighted by Gasteiger charge is 2.31. The van der Waals surface area contributed by atoms with Crippen LogP contribution in [0.3, 0.4) is 0 Å². The zero-order valence-electron chi connectivity index (χ0n) is 14.9. The molecule has 6 nitrogen and oxygen atoms in total. The highest BCUT2D eigenvalue weighted by molar-refractivity contribution is 14.0. The molecular formula is C15H33IN4O2S. The van der Waals surface area contributed by atoms with Crippen LogP contribution in [0.4, 0.5) is 0 Å². The molecule has 1 rings (SSSR count). The van der Waals surface area contributed by atoms with E-state index in [0.29, 0.717) is 18.5 Å². The van der Waals surface area contributed by atoms with Crippen molar-refractivity contribution in [3.05, 3.63) is 0 Å². The summed E-state index contributed by atoms with van der Waals surface area (Å²) in [4.78, 5) is 6.64. The van der Waals surface area contributed by atoms with Gasteiger partial charge >= 0.3 is 0 Å². The molecule has 1 aliphatic heterocycles. The minimum Gasteiger partial charge on any atom is -0.355 e. The van der Waals surface area contributed by atoms with Gasteiger partial charge in [-0.2, -0.15) is 0 Å². The molecule has 1 atom stereocenters. The zero-order valence-corrected chi connectivity index (χ0v) is 18.0. The number of hydrogen-bond acceptors (Lipinski definition) is 3. The van der Waals surface area contributed by atoms with Crippen LogP contribution in [-0.4, -0.2) is 58.3 Å². The summed E-state index contributed by atoms with van der Waals surface area (Å²) in [6, 6.07) is 0. The number of likely N-dealkylation sites (tertiary alicyclic amines) is 1. The van der Waals surface area contributed by atoms with Crippen molar-refractivity contribution in [1.82, 2.24) is 14.9 Å². The molecule has 8 heteroatoms. The molecule has 0 saturated carbocycles. The van der Waals surface area contributed by atoms with Crippen molar-refractivity contribution in [1.29, 1.82) is 0 Å². The highest BCUT2D eigenvalue weighted by atomic mass is 127. The molecule has 0 bridgehead atoms. The third-order valence-electron chi connectivity index (χ3n) is 4.26. The van der Waals surface area contributed by atoms with Crippen LogP contribution in [0.1, 0.15) is 46.5 Å². The zero-order chi connectivity index (χ0) is 16.6. The van der Waals surface area contributed by atoms with E-state index in [2.05, 4.69) is 33.8 Å². The Kier molecular flexibility index (Phi) is 10.7. The Morgan fingerprint density at radius 3 is 2.57 bits per heavy atom. The fraction of sp³-hybridized carbons (Fsp3) is 0.933. The lowest BCUT2D eigenvalue weighted by molar-refractivity contribution is 0.143. The smallest absolute Gasteiger partial charge is 0.211 e. The van der Waals surface area contributed by atoms with Crippen LogP contribution in [0, 0.1) is 5.41 Å². The van der Waals surface area contributed by atoms with Crippen molar-refractivity contribution in [2.24, 2.45) is 10.4 Å². The molecule has 0 aromatic carbocycles. The van der Waals surface area contributed by atoms with Crippen LogP contribution in [-0.2, 0) is 10.0 Å². The predicted octanol–water partition coefficient (Wildman–Crippen LogP) is 2.02. The topological polar surface area (TPSA) is 73.8 Å². The summed E-state index contributed by atoms with van der Waals surface area (Å²) >= 11 is 0. The lowest BCUT2D eigenvalue weighted by Gasteiger charge is -2.42. The Bertz CT molecular complexity index is 466. The molecule has 1 aliphatic rings. The average Bonchev–Trinajstić information content (AvgIpc) is 2.47. The first kappa shape index (κ1) is 22.9. The minimum atomic E-state index is -3.12. The largest absolute Gasteiger partial charge is 0.355 e. The minimum absolute atomic E-state index is 0. The monoisotopic (exact) mass is 460 g/mol. The summed E-state index contributed by atoms with van der Waals surface area (Å²) < 4.78 is 25.3. The maximum atomic E-state index is 11.4. The highest BCUT2D eigenvalue weighted by Crippen LogP contribution is 2.33. The molecule has 1 unspecified atom stereocenters. The van der Waals surface area contributed by atoms with E-state index in [1.54, 1.807) is 14.0 Å². The molecule has 23 heavy (non-hydrogen) atoms. The predicted molar refractivity (Wildman–Crippen MR) is 108 cm³/mol. The van der Waals surface area contributed by atoms with Gasteiger partial charge in [-0.15, -0.1) is 24.0 Å². The SMILES string of the molecule is CCCC1(C)CCCN(C(=NC)NCCNS(=O)(=O)CC)C1.I. The number of nitrogens with zero attached hydrogens (tertiary/aromatic N) is 2. The van der Waals surface area contributed by atoms with Gasteiger partial charge < -0.3 is 10.2 Å². The van der Waals surface area contributed by atoms with E-state index in [9.17, 15) is 8.42 Å². The first-order valence-corrected chi connectivity index (χ1v) is 9.94. The van der Waals surface area contributed by atoms with Crippen LogP contribution in [0.5, 0.6) is 0 Å². The molecule has 2 N–H and O–H groups in total. The molecule has 0 aromatic heterocycles. The molecule has 1 fully saturated rings. The van der Waals surface area contributed by atoms with Crippen molar-refractivity contribution in [2.75, 3.05) is 39.0 Å². The Morgan fingerprint density at radius 1 is 1.30 bits per heavy atom. The van der Waals surface area contributed by atoms with Gasteiger partial charge in [0, 0.05) is 33.2 Å². The summed E-state index contributed by atoms with van der Waals surface area (Å²) in [5.41, 5.74) is 0.356. The van der Waals surface area contributed by atoms with Gasteiger partial charge in [-0.05, 0) is 31.6 Å². The summed E-state index contributed by atoms with van der Waals surface area (Å²) in [7, 11) is -1.34. The Labute approximate surface area is 159 Å². The van der Waals surface area contributed by atoms with E-state index >= 15 is 0 Å². The molecule has 0 radical (unpaired) electrons. The fourth-order valence-electron chi connectivity index (χ4n) is 3.12. The van der Waals surface area contributed by atoms with Crippen molar-refractivity contribution < 1.29 is 8.42 Å². The molecule has 1 saturated heterocycles. The summed E-state index contributed by atoms with van der Waals surface area (Å²) in [6.07, 6.45) is 4.89. The van der Waals surface area contributed by atoms with Gasteiger partial charge in [-0.3, -0.25) is 4.99 Å². The van der Waals surface area contributed by atoms with E-state index in [1.807, 2.05) is 0 Å². The number of guanidine groups is 1. The Morgan fingerprint density at radius 2 is 2.00 bits per heavy atom. The van der Waals surface area contributed by atoms with Gasteiger partial charge in [0.05, 0.1) is 5.75 Å². The fourth-order valence-corrected chi connectivity index (χ4v) is 3.74. The average molecular weight is 460 g/mol. The number of aliphatic imine (C=N–C) groups is 1. The van der Waals surface area contributed by atoms with Crippen molar-refractivity contribution in [3.63, 3.8) is 0 Å². The molecule has 0 spiro atoms. The maximum Gasteiger partial charge on any atom is 0.211 e. The maximum absolute atomic E-state index is 11.4. The number of piperidine rings is 1. The van der Waals surface area contributed by atoms with Gasteiger partial charge in [0.1, 0.15) is 0 Å². The number of nitrogens with one attached hydrogen (secondary N) is 2. The molecule has 0 amide bonds. The quantitative estimate of drug-likeness (QED) is 0.264. The third kappa shape index (κ3) is 8.02. The molecular weight excluding hydrogens is 427 g/mol. The van der Waals surface area contributed by atoms with Crippen molar-refractivity contribution in [3.8, 4) is 0 Å². The van der Waals surface area contributed by atoms with Crippen LogP contribution in [0.2, 0.25) is 0 Å². The van der Waals surface area contributed by atoms with E-state index in [4.69, 9.17) is 0 Å². The summed E-state index contributed by atoms with van der Waals surface area (Å²) in [5.74, 6) is 0.987. The number of sulfonamides is 1. The second-order valence-electron chi connectivity index (χ2n) is 6.36. The van der Waals surface area contributed by atoms with Gasteiger partial charge in [-0.1, -0.05) is 20.3 Å². The normalized spacial score (nSPS) is 22.6. The third-order valence-corrected chi connectivity index (χ3v) is 5.66. The molecule has 1 heterocycles. The van der Waals surface area contributed by atoms with E-state index in [1.165, 1.54) is 25.7 Å². The van der Waals surface area contributed by atoms with E-state index in [-0.39, 0.29) is 29.7 Å². The van der Waals surface area contributed by atoms with Gasteiger partial charge in [0.25, 0.3) is 0 Å². The van der Waals surface area contributed by atoms with Gasteiger partial charge in [0.2, 0.25) is 10.0 Å². The van der Waals surface area contributed by atoms with E-state index in [0.717, 1.165) is 19.0 Å². The van der Waals surface area contributed by atoms with Gasteiger partial charge in [0.15, 0.2) is 5.96 Å². The number of halogens is 1. The van der Waals surface area contributed by atoms with Crippen LogP contribution >= 0.6 is 24.0 Å². The molecule has 138 valence electrons. The lowest BCUT2D eigenvalue weighted by atomic mass is 9.78. The number of hydrogen-bond donors (Lipinski definition) is 2. The van der Waals surface area contributed by atoms with Crippen molar-refractivity contribution in [2.45, 2.75) is 46.5 Å². The summed E-state index contributed by atoms with van der Waals surface area (Å²) in [5, 5.41) is 3.26. The lowest BCUT2D eigenvalue weighted by Crippen LogP contribution is -2.50. The second kappa shape index (κ2) is 10.7. The van der Waals surface area contributed by atoms with Crippen molar-refractivity contribution >= 4 is 40.0 Å². The Balaban J connectivity index is 0.00000484. The molecule has 0 aliphatic carbocycles. The van der Waals surface area contributed by atoms with Gasteiger partial charge in [-0.25, -0.2) is 13.1 Å². The van der Waals surface area contributed by atoms with Crippen LogP contribution < -0.4 is 10.0 Å². The van der Waals surface area contributed by atoms with E-state index < -0.39 is 10.0 Å². The first-order chi connectivity index (χ1) is 10.4. The summed E-state index contributed by atoms with van der Waals surface area (Å²) in [6.45, 7) is 9.18.